The molecule has 4 heteroatoms. The Morgan fingerprint density at radius 1 is 1.26 bits per heavy atom. The van der Waals surface area contributed by atoms with Crippen LogP contribution >= 0.6 is 11.3 Å². The minimum atomic E-state index is -0.0122. The third kappa shape index (κ3) is 3.35. The first kappa shape index (κ1) is 13.6. The fraction of sp³-hybridized carbons (Fsp3) is 0.267. The van der Waals surface area contributed by atoms with Gasteiger partial charge in [0.1, 0.15) is 0 Å². The van der Waals surface area contributed by atoms with Gasteiger partial charge >= 0.3 is 0 Å². The van der Waals surface area contributed by atoms with Gasteiger partial charge in [-0.3, -0.25) is 4.79 Å². The molecule has 1 aromatic heterocycles. The Labute approximate surface area is 117 Å². The van der Waals surface area contributed by atoms with Crippen molar-refractivity contribution in [2.45, 2.75) is 26.3 Å². The summed E-state index contributed by atoms with van der Waals surface area (Å²) in [6.45, 7) is 4.72. The van der Waals surface area contributed by atoms with Crippen LogP contribution in [-0.4, -0.2) is 5.91 Å². The van der Waals surface area contributed by atoms with Crippen LogP contribution in [0.2, 0.25) is 0 Å². The maximum Gasteiger partial charge on any atom is 0.252 e. The van der Waals surface area contributed by atoms with E-state index in [1.165, 1.54) is 0 Å². The van der Waals surface area contributed by atoms with Crippen molar-refractivity contribution >= 4 is 22.9 Å². The molecule has 0 atom stereocenters. The molecule has 0 aliphatic rings. The van der Waals surface area contributed by atoms with E-state index in [4.69, 9.17) is 5.73 Å². The lowest BCUT2D eigenvalue weighted by Gasteiger charge is -2.08. The zero-order chi connectivity index (χ0) is 13.8. The molecule has 0 fully saturated rings. The number of hydrogen-bond acceptors (Lipinski definition) is 3. The van der Waals surface area contributed by atoms with Crippen LogP contribution in [0.5, 0.6) is 0 Å². The van der Waals surface area contributed by atoms with Crippen LogP contribution in [0, 0.1) is 0 Å². The molecule has 1 amide bonds. The van der Waals surface area contributed by atoms with Crippen LogP contribution in [0.25, 0.3) is 0 Å². The molecule has 1 heterocycles. The number of anilines is 1. The van der Waals surface area contributed by atoms with Gasteiger partial charge in [0, 0.05) is 17.1 Å². The highest BCUT2D eigenvalue weighted by Crippen LogP contribution is 2.25. The van der Waals surface area contributed by atoms with E-state index in [1.807, 2.05) is 35.7 Å². The second-order valence-electron chi connectivity index (χ2n) is 4.78. The highest BCUT2D eigenvalue weighted by atomic mass is 32.1. The molecule has 3 nitrogen and oxygen atoms in total. The van der Waals surface area contributed by atoms with Crippen molar-refractivity contribution in [3.63, 3.8) is 0 Å². The van der Waals surface area contributed by atoms with Crippen molar-refractivity contribution in [3.05, 3.63) is 51.7 Å². The molecule has 100 valence electrons. The molecule has 2 rings (SSSR count). The maximum atomic E-state index is 12.1. The van der Waals surface area contributed by atoms with Gasteiger partial charge < -0.3 is 11.1 Å². The van der Waals surface area contributed by atoms with Crippen LogP contribution in [0.4, 0.5) is 5.69 Å². The van der Waals surface area contributed by atoms with E-state index < -0.39 is 0 Å². The second-order valence-corrected chi connectivity index (χ2v) is 5.73. The zero-order valence-corrected chi connectivity index (χ0v) is 12.0. The molecule has 1 aromatic carbocycles. The molecule has 0 aliphatic carbocycles. The minimum absolute atomic E-state index is 0.0122. The lowest BCUT2D eigenvalue weighted by molar-refractivity contribution is 0.0950. The zero-order valence-electron chi connectivity index (χ0n) is 11.1. The lowest BCUT2D eigenvalue weighted by atomic mass is 10.1. The topological polar surface area (TPSA) is 55.1 Å². The first-order chi connectivity index (χ1) is 9.08. The number of thiophene rings is 1. The molecule has 0 unspecified atom stereocenters. The Morgan fingerprint density at radius 2 is 1.95 bits per heavy atom. The molecular formula is C15H18N2OS. The van der Waals surface area contributed by atoms with Crippen LogP contribution in [0.3, 0.4) is 0 Å². The predicted molar refractivity (Wildman–Crippen MR) is 80.4 cm³/mol. The summed E-state index contributed by atoms with van der Waals surface area (Å²) in [5.41, 5.74) is 8.19. The van der Waals surface area contributed by atoms with Gasteiger partial charge in [-0.25, -0.2) is 0 Å². The summed E-state index contributed by atoms with van der Waals surface area (Å²) in [5.74, 6) is 0.360. The van der Waals surface area contributed by atoms with Gasteiger partial charge in [-0.1, -0.05) is 26.0 Å². The largest absolute Gasteiger partial charge is 0.399 e. The minimum Gasteiger partial charge on any atom is -0.399 e. The van der Waals surface area contributed by atoms with Crippen molar-refractivity contribution in [3.8, 4) is 0 Å². The number of benzene rings is 1. The Bertz CT molecular complexity index is 558. The average Bonchev–Trinajstić information content (AvgIpc) is 2.87. The number of rotatable bonds is 4. The summed E-state index contributed by atoms with van der Waals surface area (Å²) in [5, 5.41) is 4.91. The maximum absolute atomic E-state index is 12.1. The number of nitrogen functional groups attached to an aromatic ring is 1. The third-order valence-electron chi connectivity index (χ3n) is 2.90. The first-order valence-electron chi connectivity index (χ1n) is 6.28. The van der Waals surface area contributed by atoms with E-state index in [-0.39, 0.29) is 5.91 Å². The second kappa shape index (κ2) is 5.89. The van der Waals surface area contributed by atoms with Gasteiger partial charge in [-0.05, 0) is 35.1 Å². The molecule has 0 saturated carbocycles. The fourth-order valence-electron chi connectivity index (χ4n) is 1.87. The quantitative estimate of drug-likeness (QED) is 0.840. The summed E-state index contributed by atoms with van der Waals surface area (Å²) in [6, 6.07) is 9.41. The first-order valence-corrected chi connectivity index (χ1v) is 7.16. The van der Waals surface area contributed by atoms with Gasteiger partial charge in [0.05, 0.1) is 5.56 Å². The number of hydrogen-bond donors (Lipinski definition) is 2. The van der Waals surface area contributed by atoms with E-state index in [0.717, 1.165) is 21.7 Å². The van der Waals surface area contributed by atoms with Crippen molar-refractivity contribution in [2.24, 2.45) is 0 Å². The smallest absolute Gasteiger partial charge is 0.252 e. The van der Waals surface area contributed by atoms with Crippen LogP contribution < -0.4 is 11.1 Å². The summed E-state index contributed by atoms with van der Waals surface area (Å²) >= 11 is 1.63. The summed E-state index contributed by atoms with van der Waals surface area (Å²) in [6.07, 6.45) is 0. The Hall–Kier alpha value is -1.81. The van der Waals surface area contributed by atoms with E-state index in [9.17, 15) is 4.79 Å². The fourth-order valence-corrected chi connectivity index (χ4v) is 2.78. The Balaban J connectivity index is 2.01. The van der Waals surface area contributed by atoms with Crippen LogP contribution in [-0.2, 0) is 6.54 Å². The molecule has 2 aromatic rings. The number of nitrogens with one attached hydrogen (secondary N) is 1. The van der Waals surface area contributed by atoms with E-state index in [0.29, 0.717) is 12.5 Å². The third-order valence-corrected chi connectivity index (χ3v) is 4.11. The number of carbonyl (C=O) groups excluding carboxylic acids is 1. The van der Waals surface area contributed by atoms with Gasteiger partial charge in [-0.2, -0.15) is 0 Å². The SMILES string of the molecule is CC(C)c1sccc1C(=O)NCc1ccc(N)cc1. The van der Waals surface area contributed by atoms with E-state index in [2.05, 4.69) is 19.2 Å². The van der Waals surface area contributed by atoms with Crippen LogP contribution in [0.1, 0.15) is 40.6 Å². The highest BCUT2D eigenvalue weighted by molar-refractivity contribution is 7.10. The molecule has 19 heavy (non-hydrogen) atoms. The lowest BCUT2D eigenvalue weighted by Crippen LogP contribution is -2.23. The van der Waals surface area contributed by atoms with Crippen molar-refractivity contribution in [1.82, 2.24) is 5.32 Å². The Morgan fingerprint density at radius 3 is 2.58 bits per heavy atom. The van der Waals surface area contributed by atoms with Crippen molar-refractivity contribution in [1.29, 1.82) is 0 Å². The predicted octanol–water partition coefficient (Wildman–Crippen LogP) is 3.38. The number of carbonyl (C=O) groups is 1. The highest BCUT2D eigenvalue weighted by Gasteiger charge is 2.14. The summed E-state index contributed by atoms with van der Waals surface area (Å²) in [4.78, 5) is 13.3. The van der Waals surface area contributed by atoms with E-state index in [1.54, 1.807) is 11.3 Å². The monoisotopic (exact) mass is 274 g/mol. The molecule has 3 N–H and O–H groups in total. The van der Waals surface area contributed by atoms with Gasteiger partial charge in [0.15, 0.2) is 0 Å². The number of amides is 1. The molecule has 0 aliphatic heterocycles. The van der Waals surface area contributed by atoms with Crippen molar-refractivity contribution in [2.75, 3.05) is 5.73 Å². The molecule has 0 spiro atoms. The summed E-state index contributed by atoms with van der Waals surface area (Å²) < 4.78 is 0. The molecule has 0 radical (unpaired) electrons. The van der Waals surface area contributed by atoms with Crippen molar-refractivity contribution < 1.29 is 4.79 Å². The Kier molecular flexibility index (Phi) is 4.22. The number of nitrogens with two attached hydrogens (primary N) is 1. The van der Waals surface area contributed by atoms with Gasteiger partial charge in [0.25, 0.3) is 5.91 Å². The van der Waals surface area contributed by atoms with Gasteiger partial charge in [0.2, 0.25) is 0 Å². The molecular weight excluding hydrogens is 256 g/mol. The standard InChI is InChI=1S/C15H18N2OS/c1-10(2)14-13(7-8-19-14)15(18)17-9-11-3-5-12(16)6-4-11/h3-8,10H,9,16H2,1-2H3,(H,17,18). The van der Waals surface area contributed by atoms with Crippen LogP contribution in [0.15, 0.2) is 35.7 Å². The summed E-state index contributed by atoms with van der Waals surface area (Å²) in [7, 11) is 0. The normalized spacial score (nSPS) is 10.7. The van der Waals surface area contributed by atoms with Gasteiger partial charge in [-0.15, -0.1) is 11.3 Å². The average molecular weight is 274 g/mol. The molecule has 0 bridgehead atoms. The van der Waals surface area contributed by atoms with E-state index >= 15 is 0 Å². The molecule has 0 saturated heterocycles.